The van der Waals surface area contributed by atoms with Gasteiger partial charge in [0.1, 0.15) is 5.75 Å². The molecule has 0 bridgehead atoms. The van der Waals surface area contributed by atoms with Crippen LogP contribution in [0.1, 0.15) is 5.56 Å². The molecule has 1 amide bonds. The van der Waals surface area contributed by atoms with Crippen LogP contribution in [-0.2, 0) is 19.6 Å². The minimum absolute atomic E-state index is 0.180. The summed E-state index contributed by atoms with van der Waals surface area (Å²) in [5.74, 6) is -0.00292. The number of ether oxygens (including phenoxy) is 2. The molecule has 7 nitrogen and oxygen atoms in total. The summed E-state index contributed by atoms with van der Waals surface area (Å²) in [6, 6.07) is 9.29. The predicted octanol–water partition coefficient (Wildman–Crippen LogP) is 3.34. The second-order valence-electron chi connectivity index (χ2n) is 6.40. The van der Waals surface area contributed by atoms with Crippen LogP contribution < -0.4 is 10.1 Å². The van der Waals surface area contributed by atoms with Crippen molar-refractivity contribution in [2.75, 3.05) is 38.2 Å². The summed E-state index contributed by atoms with van der Waals surface area (Å²) in [6.45, 7) is 2.87. The standard InChI is InChI=1S/C19H20Cl2N2O5S/c1-13-10-15(29(25,26)23-6-8-27-9-7-23)3-5-18(13)28-12-19(24)22-17-11-14(20)2-4-16(17)21/h2-5,10-11H,6-9,12H2,1H3,(H,22,24). The second-order valence-corrected chi connectivity index (χ2v) is 9.19. The third-order valence-corrected chi connectivity index (χ3v) is 6.77. The molecule has 0 atom stereocenters. The van der Waals surface area contributed by atoms with Gasteiger partial charge in [0.15, 0.2) is 6.61 Å². The highest BCUT2D eigenvalue weighted by atomic mass is 35.5. The number of nitrogens with one attached hydrogen (secondary N) is 1. The number of halogens is 2. The number of hydrogen-bond donors (Lipinski definition) is 1. The van der Waals surface area contributed by atoms with Crippen molar-refractivity contribution in [1.82, 2.24) is 4.31 Å². The van der Waals surface area contributed by atoms with Crippen LogP contribution in [0.25, 0.3) is 0 Å². The lowest BCUT2D eigenvalue weighted by Gasteiger charge is -2.26. The molecule has 10 heteroatoms. The van der Waals surface area contributed by atoms with E-state index >= 15 is 0 Å². The van der Waals surface area contributed by atoms with E-state index < -0.39 is 15.9 Å². The van der Waals surface area contributed by atoms with Crippen molar-refractivity contribution in [3.8, 4) is 5.75 Å². The van der Waals surface area contributed by atoms with E-state index in [4.69, 9.17) is 32.7 Å². The van der Waals surface area contributed by atoms with Gasteiger partial charge in [0.25, 0.3) is 5.91 Å². The maximum atomic E-state index is 12.7. The van der Waals surface area contributed by atoms with Gasteiger partial charge < -0.3 is 14.8 Å². The summed E-state index contributed by atoms with van der Waals surface area (Å²) in [6.07, 6.45) is 0. The predicted molar refractivity (Wildman–Crippen MR) is 111 cm³/mol. The molecule has 29 heavy (non-hydrogen) atoms. The number of morpholine rings is 1. The van der Waals surface area contributed by atoms with Crippen molar-refractivity contribution < 1.29 is 22.7 Å². The SMILES string of the molecule is Cc1cc(S(=O)(=O)N2CCOCC2)ccc1OCC(=O)Nc1cc(Cl)ccc1Cl. The van der Waals surface area contributed by atoms with Gasteiger partial charge in [-0.3, -0.25) is 4.79 Å². The largest absolute Gasteiger partial charge is 0.483 e. The monoisotopic (exact) mass is 458 g/mol. The highest BCUT2D eigenvalue weighted by Gasteiger charge is 2.26. The number of nitrogens with zero attached hydrogens (tertiary/aromatic N) is 1. The van der Waals surface area contributed by atoms with E-state index in [-0.39, 0.29) is 11.5 Å². The molecule has 0 spiro atoms. The zero-order valence-electron chi connectivity index (χ0n) is 15.7. The Bertz CT molecular complexity index is 1010. The molecule has 2 aromatic carbocycles. The molecular formula is C19H20Cl2N2O5S. The first-order valence-electron chi connectivity index (χ1n) is 8.83. The van der Waals surface area contributed by atoms with E-state index in [0.717, 1.165) is 0 Å². The Balaban J connectivity index is 1.64. The minimum atomic E-state index is -3.59. The van der Waals surface area contributed by atoms with E-state index in [9.17, 15) is 13.2 Å². The van der Waals surface area contributed by atoms with Crippen molar-refractivity contribution >= 4 is 44.8 Å². The molecule has 156 valence electrons. The molecule has 3 rings (SSSR count). The van der Waals surface area contributed by atoms with Crippen molar-refractivity contribution in [2.24, 2.45) is 0 Å². The van der Waals surface area contributed by atoms with Crippen LogP contribution in [0.15, 0.2) is 41.3 Å². The fraction of sp³-hybridized carbons (Fsp3) is 0.316. The Morgan fingerprint density at radius 1 is 1.17 bits per heavy atom. The van der Waals surface area contributed by atoms with E-state index in [0.29, 0.717) is 53.3 Å². The fourth-order valence-electron chi connectivity index (χ4n) is 2.80. The lowest BCUT2D eigenvalue weighted by atomic mass is 10.2. The summed E-state index contributed by atoms with van der Waals surface area (Å²) in [7, 11) is -3.59. The van der Waals surface area contributed by atoms with Crippen LogP contribution in [-0.4, -0.2) is 51.5 Å². The van der Waals surface area contributed by atoms with Crippen LogP contribution in [0.3, 0.4) is 0 Å². The number of sulfonamides is 1. The van der Waals surface area contributed by atoms with Gasteiger partial charge in [0.2, 0.25) is 10.0 Å². The van der Waals surface area contributed by atoms with Crippen molar-refractivity contribution in [3.63, 3.8) is 0 Å². The molecule has 1 aliphatic rings. The third-order valence-electron chi connectivity index (χ3n) is 4.32. The smallest absolute Gasteiger partial charge is 0.262 e. The Morgan fingerprint density at radius 2 is 1.90 bits per heavy atom. The first-order valence-corrected chi connectivity index (χ1v) is 11.0. The van der Waals surface area contributed by atoms with Gasteiger partial charge >= 0.3 is 0 Å². The van der Waals surface area contributed by atoms with Crippen LogP contribution in [0.2, 0.25) is 10.0 Å². The third kappa shape index (κ3) is 5.40. The highest BCUT2D eigenvalue weighted by molar-refractivity contribution is 7.89. The van der Waals surface area contributed by atoms with Crippen molar-refractivity contribution in [1.29, 1.82) is 0 Å². The van der Waals surface area contributed by atoms with Gasteiger partial charge in [-0.25, -0.2) is 8.42 Å². The van der Waals surface area contributed by atoms with Gasteiger partial charge in [0, 0.05) is 18.1 Å². The second kappa shape index (κ2) is 9.32. The van der Waals surface area contributed by atoms with Crippen LogP contribution in [0.4, 0.5) is 5.69 Å². The van der Waals surface area contributed by atoms with Gasteiger partial charge in [-0.15, -0.1) is 0 Å². The molecule has 0 unspecified atom stereocenters. The Labute approximate surface area is 179 Å². The molecular weight excluding hydrogens is 439 g/mol. The van der Waals surface area contributed by atoms with Crippen LogP contribution in [0.5, 0.6) is 5.75 Å². The van der Waals surface area contributed by atoms with Gasteiger partial charge in [-0.05, 0) is 48.9 Å². The molecule has 1 aliphatic heterocycles. The van der Waals surface area contributed by atoms with E-state index in [1.54, 1.807) is 31.2 Å². The zero-order chi connectivity index (χ0) is 21.0. The number of carbonyl (C=O) groups excluding carboxylic acids is 1. The summed E-state index contributed by atoms with van der Waals surface area (Å²) in [4.78, 5) is 12.3. The van der Waals surface area contributed by atoms with Gasteiger partial charge in [-0.1, -0.05) is 23.2 Å². The topological polar surface area (TPSA) is 84.9 Å². The van der Waals surface area contributed by atoms with Crippen LogP contribution >= 0.6 is 23.2 Å². The van der Waals surface area contributed by atoms with Crippen molar-refractivity contribution in [2.45, 2.75) is 11.8 Å². The Morgan fingerprint density at radius 3 is 2.59 bits per heavy atom. The van der Waals surface area contributed by atoms with Crippen molar-refractivity contribution in [3.05, 3.63) is 52.0 Å². The number of rotatable bonds is 6. The molecule has 0 aliphatic carbocycles. The number of carbonyl (C=O) groups is 1. The molecule has 1 heterocycles. The zero-order valence-corrected chi connectivity index (χ0v) is 18.0. The van der Waals surface area contributed by atoms with E-state index in [2.05, 4.69) is 5.32 Å². The normalized spacial score (nSPS) is 15.1. The average molecular weight is 459 g/mol. The molecule has 0 saturated carbocycles. The number of amides is 1. The maximum Gasteiger partial charge on any atom is 0.262 e. The summed E-state index contributed by atoms with van der Waals surface area (Å²) in [5, 5.41) is 3.43. The molecule has 0 radical (unpaired) electrons. The van der Waals surface area contributed by atoms with E-state index in [1.807, 2.05) is 0 Å². The number of aryl methyl sites for hydroxylation is 1. The van der Waals surface area contributed by atoms with E-state index in [1.165, 1.54) is 16.4 Å². The number of anilines is 1. The molecule has 1 fully saturated rings. The summed E-state index contributed by atoms with van der Waals surface area (Å²) in [5.41, 5.74) is 0.990. The first-order chi connectivity index (χ1) is 13.8. The summed E-state index contributed by atoms with van der Waals surface area (Å²) >= 11 is 11.9. The fourth-order valence-corrected chi connectivity index (χ4v) is 4.63. The van der Waals surface area contributed by atoms with Crippen LogP contribution in [0, 0.1) is 6.92 Å². The molecule has 1 saturated heterocycles. The lowest BCUT2D eigenvalue weighted by molar-refractivity contribution is -0.118. The molecule has 2 aromatic rings. The Kier molecular flexibility index (Phi) is 7.02. The Hall–Kier alpha value is -1.84. The minimum Gasteiger partial charge on any atom is -0.483 e. The number of hydrogen-bond acceptors (Lipinski definition) is 5. The van der Waals surface area contributed by atoms with Gasteiger partial charge in [0.05, 0.1) is 28.8 Å². The number of benzene rings is 2. The maximum absolute atomic E-state index is 12.7. The quantitative estimate of drug-likeness (QED) is 0.717. The van der Waals surface area contributed by atoms with Gasteiger partial charge in [-0.2, -0.15) is 4.31 Å². The highest BCUT2D eigenvalue weighted by Crippen LogP contribution is 2.26. The average Bonchev–Trinajstić information content (AvgIpc) is 2.70. The lowest BCUT2D eigenvalue weighted by Crippen LogP contribution is -2.40. The first kappa shape index (κ1) is 21.9. The molecule has 0 aromatic heterocycles. The summed E-state index contributed by atoms with van der Waals surface area (Å²) < 4.78 is 37.6. The molecule has 1 N–H and O–H groups in total.